The SMILES string of the molecule is CCOc1ccc(NC(=O)CC2C(=O)N(c3ccc(OC)cc3)C(=S)N2CCc2ccncc2)cc1. The molecule has 1 atom stereocenters. The lowest BCUT2D eigenvalue weighted by molar-refractivity contribution is -0.124. The van der Waals surface area contributed by atoms with Crippen molar-refractivity contribution in [1.29, 1.82) is 0 Å². The zero-order valence-corrected chi connectivity index (χ0v) is 21.0. The lowest BCUT2D eigenvalue weighted by Crippen LogP contribution is -2.39. The van der Waals surface area contributed by atoms with E-state index in [9.17, 15) is 9.59 Å². The van der Waals surface area contributed by atoms with Gasteiger partial charge in [0.05, 0.1) is 25.8 Å². The number of thiocarbonyl (C=S) groups is 1. The van der Waals surface area contributed by atoms with Gasteiger partial charge in [0, 0.05) is 24.6 Å². The Morgan fingerprint density at radius 3 is 2.33 bits per heavy atom. The zero-order chi connectivity index (χ0) is 25.5. The molecular formula is C27H28N4O4S. The summed E-state index contributed by atoms with van der Waals surface area (Å²) in [6, 6.07) is 17.4. The number of carbonyl (C=O) groups is 2. The maximum Gasteiger partial charge on any atom is 0.256 e. The number of carbonyl (C=O) groups excluding carboxylic acids is 2. The lowest BCUT2D eigenvalue weighted by atomic mass is 10.1. The molecule has 0 radical (unpaired) electrons. The molecular weight excluding hydrogens is 476 g/mol. The number of ether oxygens (including phenoxy) is 2. The molecule has 2 amide bonds. The van der Waals surface area contributed by atoms with Crippen molar-refractivity contribution in [3.05, 3.63) is 78.6 Å². The van der Waals surface area contributed by atoms with Crippen LogP contribution in [0.4, 0.5) is 11.4 Å². The summed E-state index contributed by atoms with van der Waals surface area (Å²) in [4.78, 5) is 33.9. The van der Waals surface area contributed by atoms with Crippen molar-refractivity contribution in [2.75, 3.05) is 30.5 Å². The van der Waals surface area contributed by atoms with E-state index < -0.39 is 6.04 Å². The number of amides is 2. The van der Waals surface area contributed by atoms with Crippen LogP contribution >= 0.6 is 12.2 Å². The summed E-state index contributed by atoms with van der Waals surface area (Å²) < 4.78 is 10.7. The maximum absolute atomic E-state index is 13.6. The molecule has 0 aliphatic carbocycles. The van der Waals surface area contributed by atoms with Crippen LogP contribution in [-0.2, 0) is 16.0 Å². The zero-order valence-electron chi connectivity index (χ0n) is 20.2. The molecule has 1 unspecified atom stereocenters. The first-order valence-electron chi connectivity index (χ1n) is 11.7. The van der Waals surface area contributed by atoms with Gasteiger partial charge in [-0.2, -0.15) is 0 Å². The average molecular weight is 505 g/mol. The number of hydrogen-bond donors (Lipinski definition) is 1. The number of anilines is 2. The van der Waals surface area contributed by atoms with Gasteiger partial charge in [-0.05, 0) is 91.8 Å². The minimum Gasteiger partial charge on any atom is -0.497 e. The van der Waals surface area contributed by atoms with E-state index in [1.807, 2.05) is 24.0 Å². The summed E-state index contributed by atoms with van der Waals surface area (Å²) in [6.45, 7) is 2.96. The predicted octanol–water partition coefficient (Wildman–Crippen LogP) is 4.06. The highest BCUT2D eigenvalue weighted by atomic mass is 32.1. The third kappa shape index (κ3) is 5.80. The number of pyridine rings is 1. The highest BCUT2D eigenvalue weighted by Crippen LogP contribution is 2.29. The highest BCUT2D eigenvalue weighted by molar-refractivity contribution is 7.80. The van der Waals surface area contributed by atoms with Gasteiger partial charge in [0.25, 0.3) is 5.91 Å². The monoisotopic (exact) mass is 504 g/mol. The molecule has 9 heteroatoms. The second kappa shape index (κ2) is 11.6. The second-order valence-electron chi connectivity index (χ2n) is 8.18. The van der Waals surface area contributed by atoms with E-state index in [0.717, 1.165) is 11.3 Å². The van der Waals surface area contributed by atoms with Crippen LogP contribution in [0.25, 0.3) is 0 Å². The van der Waals surface area contributed by atoms with E-state index in [-0.39, 0.29) is 18.2 Å². The molecule has 36 heavy (non-hydrogen) atoms. The molecule has 1 saturated heterocycles. The third-order valence-corrected chi connectivity index (χ3v) is 6.28. The van der Waals surface area contributed by atoms with Crippen molar-refractivity contribution >= 4 is 40.5 Å². The minimum atomic E-state index is -0.718. The Hall–Kier alpha value is -3.98. The van der Waals surface area contributed by atoms with Crippen molar-refractivity contribution in [2.24, 2.45) is 0 Å². The maximum atomic E-state index is 13.6. The first-order valence-corrected chi connectivity index (χ1v) is 12.1. The Kier molecular flexibility index (Phi) is 8.12. The number of aromatic nitrogens is 1. The van der Waals surface area contributed by atoms with Gasteiger partial charge in [0.15, 0.2) is 5.11 Å². The molecule has 0 bridgehead atoms. The van der Waals surface area contributed by atoms with E-state index >= 15 is 0 Å². The third-order valence-electron chi connectivity index (χ3n) is 5.87. The molecule has 1 N–H and O–H groups in total. The normalized spacial score (nSPS) is 15.2. The fourth-order valence-corrected chi connectivity index (χ4v) is 4.46. The predicted molar refractivity (Wildman–Crippen MR) is 142 cm³/mol. The average Bonchev–Trinajstić information content (AvgIpc) is 3.13. The molecule has 0 saturated carbocycles. The van der Waals surface area contributed by atoms with Gasteiger partial charge in [-0.25, -0.2) is 0 Å². The molecule has 186 valence electrons. The molecule has 1 aliphatic rings. The van der Waals surface area contributed by atoms with Crippen molar-refractivity contribution in [1.82, 2.24) is 9.88 Å². The minimum absolute atomic E-state index is 0.0326. The van der Waals surface area contributed by atoms with Crippen LogP contribution in [0.3, 0.4) is 0 Å². The van der Waals surface area contributed by atoms with E-state index in [0.29, 0.717) is 41.8 Å². The number of hydrogen-bond acceptors (Lipinski definition) is 6. The van der Waals surface area contributed by atoms with Gasteiger partial charge in [-0.3, -0.25) is 19.5 Å². The number of methoxy groups -OCH3 is 1. The summed E-state index contributed by atoms with van der Waals surface area (Å²) in [5.41, 5.74) is 2.33. The molecule has 1 fully saturated rings. The Balaban J connectivity index is 1.52. The smallest absolute Gasteiger partial charge is 0.256 e. The molecule has 0 spiro atoms. The molecule has 3 aromatic rings. The Labute approximate surface area is 215 Å². The van der Waals surface area contributed by atoms with E-state index in [1.165, 1.54) is 4.90 Å². The fourth-order valence-electron chi connectivity index (χ4n) is 4.04. The summed E-state index contributed by atoms with van der Waals surface area (Å²) >= 11 is 5.74. The summed E-state index contributed by atoms with van der Waals surface area (Å²) in [5.74, 6) is 0.897. The standard InChI is InChI=1S/C27H28N4O4S/c1-3-35-23-8-4-20(5-9-23)29-25(32)18-24-26(33)31(21-6-10-22(34-2)11-7-21)27(36)30(24)17-14-19-12-15-28-16-13-19/h4-13,15-16,24H,3,14,17-18H2,1-2H3,(H,29,32). The van der Waals surface area contributed by atoms with Crippen LogP contribution in [0.5, 0.6) is 11.5 Å². The van der Waals surface area contributed by atoms with Gasteiger partial charge in [0.1, 0.15) is 17.5 Å². The molecule has 2 heterocycles. The molecule has 1 aliphatic heterocycles. The number of rotatable bonds is 10. The van der Waals surface area contributed by atoms with Crippen molar-refractivity contribution in [2.45, 2.75) is 25.8 Å². The van der Waals surface area contributed by atoms with E-state index in [1.54, 1.807) is 68.0 Å². The van der Waals surface area contributed by atoms with Crippen LogP contribution in [-0.4, -0.2) is 53.1 Å². The number of nitrogens with one attached hydrogen (secondary N) is 1. The Bertz CT molecular complexity index is 1200. The van der Waals surface area contributed by atoms with Gasteiger partial charge >= 0.3 is 0 Å². The summed E-state index contributed by atoms with van der Waals surface area (Å²) in [6.07, 6.45) is 4.08. The largest absolute Gasteiger partial charge is 0.497 e. The first kappa shape index (κ1) is 25.1. The molecule has 8 nitrogen and oxygen atoms in total. The van der Waals surface area contributed by atoms with Crippen LogP contribution in [0.2, 0.25) is 0 Å². The van der Waals surface area contributed by atoms with Crippen molar-refractivity contribution in [3.8, 4) is 11.5 Å². The number of benzene rings is 2. The van der Waals surface area contributed by atoms with E-state index in [4.69, 9.17) is 21.7 Å². The first-order chi connectivity index (χ1) is 17.5. The van der Waals surface area contributed by atoms with Crippen LogP contribution < -0.4 is 19.7 Å². The molecule has 1 aromatic heterocycles. The number of nitrogens with zero attached hydrogens (tertiary/aromatic N) is 3. The Morgan fingerprint density at radius 1 is 1.03 bits per heavy atom. The summed E-state index contributed by atoms with van der Waals surface area (Å²) in [7, 11) is 1.58. The van der Waals surface area contributed by atoms with Crippen LogP contribution in [0.1, 0.15) is 18.9 Å². The lowest BCUT2D eigenvalue weighted by Gasteiger charge is -2.24. The van der Waals surface area contributed by atoms with Gasteiger partial charge in [0.2, 0.25) is 5.91 Å². The van der Waals surface area contributed by atoms with E-state index in [2.05, 4.69) is 10.3 Å². The Morgan fingerprint density at radius 2 is 1.69 bits per heavy atom. The van der Waals surface area contributed by atoms with Crippen molar-refractivity contribution in [3.63, 3.8) is 0 Å². The fraction of sp³-hybridized carbons (Fsp3) is 0.259. The quantitative estimate of drug-likeness (QED) is 0.417. The van der Waals surface area contributed by atoms with Gasteiger partial charge < -0.3 is 19.7 Å². The van der Waals surface area contributed by atoms with Crippen LogP contribution in [0, 0.1) is 0 Å². The van der Waals surface area contributed by atoms with Gasteiger partial charge in [-0.1, -0.05) is 0 Å². The highest BCUT2D eigenvalue weighted by Gasteiger charge is 2.43. The molecule has 2 aromatic carbocycles. The van der Waals surface area contributed by atoms with Gasteiger partial charge in [-0.15, -0.1) is 0 Å². The topological polar surface area (TPSA) is 84.0 Å². The summed E-state index contributed by atoms with van der Waals surface area (Å²) in [5, 5.41) is 3.25. The second-order valence-corrected chi connectivity index (χ2v) is 8.54. The van der Waals surface area contributed by atoms with Crippen molar-refractivity contribution < 1.29 is 19.1 Å². The molecule has 4 rings (SSSR count). The van der Waals surface area contributed by atoms with Crippen LogP contribution in [0.15, 0.2) is 73.1 Å².